The van der Waals surface area contributed by atoms with Crippen LogP contribution in [-0.4, -0.2) is 39.5 Å². The molecule has 0 heterocycles. The van der Waals surface area contributed by atoms with Gasteiger partial charge in [-0.2, -0.15) is 0 Å². The van der Waals surface area contributed by atoms with Gasteiger partial charge in [0.1, 0.15) is 0 Å². The molecule has 0 aliphatic heterocycles. The monoisotopic (exact) mass is 489 g/mol. The summed E-state index contributed by atoms with van der Waals surface area (Å²) in [6.45, 7) is 6.60. The first-order valence-electron chi connectivity index (χ1n) is 12.1. The second kappa shape index (κ2) is 11.2. The van der Waals surface area contributed by atoms with E-state index >= 15 is 0 Å². The molecule has 0 saturated heterocycles. The maximum Gasteiger partial charge on any atom is 0.264 e. The van der Waals surface area contributed by atoms with Crippen molar-refractivity contribution in [3.63, 3.8) is 0 Å². The smallest absolute Gasteiger partial charge is 0.264 e. The van der Waals surface area contributed by atoms with Crippen LogP contribution in [-0.2, 0) is 9.09 Å². The van der Waals surface area contributed by atoms with E-state index in [-0.39, 0.29) is 6.10 Å². The third-order valence-corrected chi connectivity index (χ3v) is 9.55. The molecule has 0 spiro atoms. The summed E-state index contributed by atoms with van der Waals surface area (Å²) in [5, 5.41) is 12.1. The molecule has 1 N–H and O–H groups in total. The van der Waals surface area contributed by atoms with Crippen LogP contribution in [0.2, 0.25) is 0 Å². The Morgan fingerprint density at radius 2 is 1.65 bits per heavy atom. The Labute approximate surface area is 204 Å². The van der Waals surface area contributed by atoms with Crippen LogP contribution in [0.15, 0.2) is 42.5 Å². The predicted molar refractivity (Wildman–Crippen MR) is 139 cm³/mol. The van der Waals surface area contributed by atoms with E-state index in [4.69, 9.17) is 14.0 Å². The van der Waals surface area contributed by atoms with Gasteiger partial charge in [0, 0.05) is 25.1 Å². The number of methoxy groups -OCH3 is 2. The van der Waals surface area contributed by atoms with Crippen LogP contribution in [0.1, 0.15) is 51.4 Å². The van der Waals surface area contributed by atoms with Crippen molar-refractivity contribution >= 4 is 18.4 Å². The van der Waals surface area contributed by atoms with E-state index in [1.54, 1.807) is 32.4 Å². The highest BCUT2D eigenvalue weighted by Crippen LogP contribution is 2.61. The van der Waals surface area contributed by atoms with Gasteiger partial charge in [0.2, 0.25) is 0 Å². The number of hydrogen-bond donors (Lipinski definition) is 1. The molecule has 1 fully saturated rings. The molecule has 0 amide bonds. The molecule has 2 aromatic rings. The molecule has 6 nitrogen and oxygen atoms in total. The van der Waals surface area contributed by atoms with Crippen LogP contribution >= 0.6 is 7.37 Å². The molecule has 188 valence electrons. The lowest BCUT2D eigenvalue weighted by molar-refractivity contribution is 0.0427. The fourth-order valence-electron chi connectivity index (χ4n) is 4.86. The molecular formula is C27H40NO5P. The van der Waals surface area contributed by atoms with Crippen LogP contribution in [0.5, 0.6) is 11.5 Å². The molecule has 0 radical (unpaired) electrons. The summed E-state index contributed by atoms with van der Waals surface area (Å²) in [5.41, 5.74) is 1.46. The van der Waals surface area contributed by atoms with E-state index in [9.17, 15) is 9.67 Å². The van der Waals surface area contributed by atoms with E-state index in [1.165, 1.54) is 0 Å². The van der Waals surface area contributed by atoms with Gasteiger partial charge in [-0.05, 0) is 72.6 Å². The van der Waals surface area contributed by atoms with Crippen molar-refractivity contribution in [2.45, 2.75) is 52.0 Å². The van der Waals surface area contributed by atoms with Crippen LogP contribution in [0.25, 0.3) is 0 Å². The fourth-order valence-corrected chi connectivity index (χ4v) is 7.15. The van der Waals surface area contributed by atoms with Crippen molar-refractivity contribution in [3.8, 4) is 11.5 Å². The van der Waals surface area contributed by atoms with E-state index in [2.05, 4.69) is 20.8 Å². The lowest BCUT2D eigenvalue weighted by atomic mass is 9.75. The zero-order valence-electron chi connectivity index (χ0n) is 21.5. The number of ether oxygens (including phenoxy) is 2. The Balaban J connectivity index is 2.07. The highest BCUT2D eigenvalue weighted by molar-refractivity contribution is 7.67. The number of hydrogen-bond acceptors (Lipinski definition) is 6. The summed E-state index contributed by atoms with van der Waals surface area (Å²) in [7, 11) is 3.30. The molecule has 5 atom stereocenters. The van der Waals surface area contributed by atoms with E-state index in [0.717, 1.165) is 24.9 Å². The largest absolute Gasteiger partial charge is 0.493 e. The molecule has 34 heavy (non-hydrogen) atoms. The molecular weight excluding hydrogens is 449 g/mol. The summed E-state index contributed by atoms with van der Waals surface area (Å²) in [5.74, 6) is 0.874. The minimum atomic E-state index is -3.72. The second-order valence-electron chi connectivity index (χ2n) is 9.97. The summed E-state index contributed by atoms with van der Waals surface area (Å²) in [6.07, 6.45) is 2.83. The van der Waals surface area contributed by atoms with Gasteiger partial charge in [-0.25, -0.2) is 0 Å². The number of rotatable bonds is 9. The molecule has 3 rings (SSSR count). The molecule has 1 aliphatic carbocycles. The van der Waals surface area contributed by atoms with Crippen LogP contribution in [0, 0.1) is 17.8 Å². The first kappa shape index (κ1) is 26.6. The summed E-state index contributed by atoms with van der Waals surface area (Å²) in [6, 6.07) is 12.6. The Hall–Kier alpha value is -2.01. The van der Waals surface area contributed by atoms with Crippen molar-refractivity contribution in [2.24, 2.45) is 17.8 Å². The van der Waals surface area contributed by atoms with Gasteiger partial charge in [-0.3, -0.25) is 4.57 Å². The molecule has 0 unspecified atom stereocenters. The Morgan fingerprint density at radius 3 is 2.21 bits per heavy atom. The average Bonchev–Trinajstić information content (AvgIpc) is 2.82. The lowest BCUT2D eigenvalue weighted by Gasteiger charge is -2.40. The SMILES string of the molecule is COc1ccc([C@H](O)[P@](=O)(O[C@@H]2C[C@H](C)CC[C@H]2C(C)C)c2ccc(N(C)C)cc2)cc1OC. The number of aliphatic hydroxyl groups is 1. The molecule has 1 aliphatic rings. The lowest BCUT2D eigenvalue weighted by Crippen LogP contribution is -2.35. The predicted octanol–water partition coefficient (Wildman–Crippen LogP) is 5.84. The van der Waals surface area contributed by atoms with Crippen molar-refractivity contribution in [3.05, 3.63) is 48.0 Å². The van der Waals surface area contributed by atoms with Crippen molar-refractivity contribution in [2.75, 3.05) is 33.2 Å². The topological polar surface area (TPSA) is 68.2 Å². The van der Waals surface area contributed by atoms with Gasteiger partial charge in [0.25, 0.3) is 7.37 Å². The van der Waals surface area contributed by atoms with Crippen molar-refractivity contribution in [1.29, 1.82) is 0 Å². The first-order chi connectivity index (χ1) is 16.1. The third kappa shape index (κ3) is 5.62. The van der Waals surface area contributed by atoms with Gasteiger partial charge < -0.3 is 24.0 Å². The summed E-state index contributed by atoms with van der Waals surface area (Å²) in [4.78, 5) is 1.98. The Morgan fingerprint density at radius 1 is 1.00 bits per heavy atom. The maximum absolute atomic E-state index is 14.7. The number of anilines is 1. The van der Waals surface area contributed by atoms with Gasteiger partial charge in [0.15, 0.2) is 17.3 Å². The molecule has 0 aromatic heterocycles. The standard InChI is InChI=1S/C27H40NO5P/c1-18(2)23-14-8-19(3)16-25(23)33-34(30,22-12-10-21(11-13-22)28(4)5)27(29)20-9-15-24(31-6)26(17-20)32-7/h9-13,15,17-19,23,25,27,29H,8,14,16H2,1-7H3/t19-,23+,25-,27-,34-/m1/s1. The third-order valence-electron chi connectivity index (χ3n) is 7.01. The Kier molecular flexibility index (Phi) is 8.72. The van der Waals surface area contributed by atoms with E-state index < -0.39 is 13.2 Å². The molecule has 0 bridgehead atoms. The summed E-state index contributed by atoms with van der Waals surface area (Å²) >= 11 is 0. The minimum absolute atomic E-state index is 0.182. The van der Waals surface area contributed by atoms with Crippen LogP contribution in [0.3, 0.4) is 0 Å². The van der Waals surface area contributed by atoms with Crippen molar-refractivity contribution in [1.82, 2.24) is 0 Å². The normalized spacial score (nSPS) is 23.3. The first-order valence-corrected chi connectivity index (χ1v) is 13.8. The zero-order valence-corrected chi connectivity index (χ0v) is 22.4. The van der Waals surface area contributed by atoms with Crippen LogP contribution < -0.4 is 19.7 Å². The fraction of sp³-hybridized carbons (Fsp3) is 0.556. The quantitative estimate of drug-likeness (QED) is 0.446. The van der Waals surface area contributed by atoms with Gasteiger partial charge in [0.05, 0.1) is 20.3 Å². The molecule has 2 aromatic carbocycles. The maximum atomic E-state index is 14.7. The van der Waals surface area contributed by atoms with E-state index in [0.29, 0.717) is 40.1 Å². The number of benzene rings is 2. The highest BCUT2D eigenvalue weighted by atomic mass is 31.2. The Bertz CT molecular complexity index is 991. The number of nitrogens with zero attached hydrogens (tertiary/aromatic N) is 1. The molecule has 1 saturated carbocycles. The highest BCUT2D eigenvalue weighted by Gasteiger charge is 2.43. The van der Waals surface area contributed by atoms with Crippen LogP contribution in [0.4, 0.5) is 5.69 Å². The summed E-state index contributed by atoms with van der Waals surface area (Å²) < 4.78 is 32.1. The minimum Gasteiger partial charge on any atom is -0.493 e. The van der Waals surface area contributed by atoms with Gasteiger partial charge in [-0.1, -0.05) is 33.3 Å². The molecule has 7 heteroatoms. The van der Waals surface area contributed by atoms with Gasteiger partial charge >= 0.3 is 0 Å². The zero-order chi connectivity index (χ0) is 25.0. The second-order valence-corrected chi connectivity index (χ2v) is 12.4. The number of aliphatic hydroxyl groups excluding tert-OH is 1. The van der Waals surface area contributed by atoms with E-state index in [1.807, 2.05) is 43.3 Å². The van der Waals surface area contributed by atoms with Crippen molar-refractivity contribution < 1.29 is 23.7 Å². The van der Waals surface area contributed by atoms with Gasteiger partial charge in [-0.15, -0.1) is 0 Å². The average molecular weight is 490 g/mol.